The highest BCUT2D eigenvalue weighted by Crippen LogP contribution is 2.41. The summed E-state index contributed by atoms with van der Waals surface area (Å²) in [6.07, 6.45) is 7.32. The molecule has 98 valence electrons. The Kier molecular flexibility index (Phi) is 4.04. The van der Waals surface area contributed by atoms with Crippen LogP contribution in [-0.2, 0) is 12.8 Å². The molecule has 1 heterocycles. The zero-order chi connectivity index (χ0) is 13.2. The quantitative estimate of drug-likeness (QED) is 0.661. The monoisotopic (exact) mass is 379 g/mol. The summed E-state index contributed by atoms with van der Waals surface area (Å²) in [4.78, 5) is 4.71. The number of pyridine rings is 1. The molecular formula is C16H15Br2N. The van der Waals surface area contributed by atoms with Gasteiger partial charge in [-0.2, -0.15) is 0 Å². The molecule has 2 aromatic rings. The van der Waals surface area contributed by atoms with E-state index in [4.69, 9.17) is 0 Å². The van der Waals surface area contributed by atoms with Gasteiger partial charge in [-0.25, -0.2) is 0 Å². The van der Waals surface area contributed by atoms with Gasteiger partial charge in [0.1, 0.15) is 0 Å². The van der Waals surface area contributed by atoms with Crippen LogP contribution in [0.5, 0.6) is 0 Å². The van der Waals surface area contributed by atoms with Crippen LogP contribution in [0.15, 0.2) is 47.2 Å². The highest BCUT2D eigenvalue weighted by Gasteiger charge is 2.27. The first-order valence-corrected chi connectivity index (χ1v) is 8.26. The van der Waals surface area contributed by atoms with Crippen molar-refractivity contribution in [3.8, 4) is 0 Å². The largest absolute Gasteiger partial charge is 0.263 e. The first-order valence-electron chi connectivity index (χ1n) is 6.55. The average molecular weight is 381 g/mol. The SMILES string of the molecule is Brc1cncc(CC2CCc3ccccc3C2Br)c1. The Morgan fingerprint density at radius 3 is 2.89 bits per heavy atom. The van der Waals surface area contributed by atoms with Gasteiger partial charge in [-0.3, -0.25) is 4.98 Å². The molecule has 2 atom stereocenters. The zero-order valence-corrected chi connectivity index (χ0v) is 13.7. The van der Waals surface area contributed by atoms with Gasteiger partial charge < -0.3 is 0 Å². The predicted octanol–water partition coefficient (Wildman–Crippen LogP) is 5.09. The lowest BCUT2D eigenvalue weighted by Crippen LogP contribution is -2.18. The fraction of sp³-hybridized carbons (Fsp3) is 0.312. The van der Waals surface area contributed by atoms with Crippen LogP contribution >= 0.6 is 31.9 Å². The van der Waals surface area contributed by atoms with E-state index >= 15 is 0 Å². The summed E-state index contributed by atoms with van der Waals surface area (Å²) in [6, 6.07) is 10.9. The molecule has 0 amide bonds. The van der Waals surface area contributed by atoms with Crippen LogP contribution in [-0.4, -0.2) is 4.98 Å². The highest BCUT2D eigenvalue weighted by molar-refractivity contribution is 9.10. The van der Waals surface area contributed by atoms with Gasteiger partial charge in [0.2, 0.25) is 0 Å². The lowest BCUT2D eigenvalue weighted by atomic mass is 9.81. The molecule has 0 spiro atoms. The Morgan fingerprint density at radius 1 is 1.21 bits per heavy atom. The van der Waals surface area contributed by atoms with Gasteiger partial charge >= 0.3 is 0 Å². The molecule has 1 aromatic carbocycles. The third-order valence-electron chi connectivity index (χ3n) is 3.81. The molecule has 2 unspecified atom stereocenters. The summed E-state index contributed by atoms with van der Waals surface area (Å²) >= 11 is 7.39. The number of benzene rings is 1. The van der Waals surface area contributed by atoms with Crippen molar-refractivity contribution in [1.82, 2.24) is 4.98 Å². The third-order valence-corrected chi connectivity index (χ3v) is 5.48. The summed E-state index contributed by atoms with van der Waals surface area (Å²) in [6.45, 7) is 0. The van der Waals surface area contributed by atoms with Gasteiger partial charge in [0, 0.05) is 21.7 Å². The number of hydrogen-bond donors (Lipinski definition) is 0. The molecule has 1 aliphatic rings. The molecule has 0 fully saturated rings. The second kappa shape index (κ2) is 5.76. The molecule has 19 heavy (non-hydrogen) atoms. The molecule has 3 heteroatoms. The number of halogens is 2. The maximum absolute atomic E-state index is 4.26. The van der Waals surface area contributed by atoms with Crippen molar-refractivity contribution in [2.24, 2.45) is 5.92 Å². The minimum Gasteiger partial charge on any atom is -0.263 e. The number of rotatable bonds is 2. The fourth-order valence-electron chi connectivity index (χ4n) is 2.85. The van der Waals surface area contributed by atoms with E-state index < -0.39 is 0 Å². The van der Waals surface area contributed by atoms with E-state index in [-0.39, 0.29) is 0 Å². The maximum atomic E-state index is 4.26. The van der Waals surface area contributed by atoms with Gasteiger partial charge in [-0.05, 0) is 63.9 Å². The number of nitrogens with zero attached hydrogens (tertiary/aromatic N) is 1. The minimum atomic E-state index is 0.455. The number of hydrogen-bond acceptors (Lipinski definition) is 1. The molecule has 0 saturated carbocycles. The smallest absolute Gasteiger partial charge is 0.0429 e. The van der Waals surface area contributed by atoms with E-state index in [2.05, 4.69) is 67.2 Å². The van der Waals surface area contributed by atoms with E-state index in [0.717, 1.165) is 10.9 Å². The van der Waals surface area contributed by atoms with E-state index in [1.165, 1.54) is 29.5 Å². The molecule has 0 bridgehead atoms. The van der Waals surface area contributed by atoms with Crippen LogP contribution in [0, 0.1) is 5.92 Å². The van der Waals surface area contributed by atoms with Crippen molar-refractivity contribution in [3.05, 3.63) is 63.9 Å². The van der Waals surface area contributed by atoms with Crippen LogP contribution < -0.4 is 0 Å². The van der Waals surface area contributed by atoms with E-state index in [1.807, 2.05) is 12.4 Å². The van der Waals surface area contributed by atoms with Crippen molar-refractivity contribution < 1.29 is 0 Å². The van der Waals surface area contributed by atoms with Gasteiger partial charge in [-0.1, -0.05) is 40.2 Å². The summed E-state index contributed by atoms with van der Waals surface area (Å²) in [5, 5.41) is 0. The van der Waals surface area contributed by atoms with Gasteiger partial charge in [0.25, 0.3) is 0 Å². The Hall–Kier alpha value is -0.670. The molecule has 0 saturated heterocycles. The number of alkyl halides is 1. The van der Waals surface area contributed by atoms with Crippen LogP contribution in [0.2, 0.25) is 0 Å². The molecule has 1 aliphatic carbocycles. The topological polar surface area (TPSA) is 12.9 Å². The molecule has 1 nitrogen and oxygen atoms in total. The Bertz CT molecular complexity index is 582. The number of aryl methyl sites for hydroxylation is 1. The van der Waals surface area contributed by atoms with E-state index in [0.29, 0.717) is 10.7 Å². The van der Waals surface area contributed by atoms with Crippen molar-refractivity contribution >= 4 is 31.9 Å². The predicted molar refractivity (Wildman–Crippen MR) is 85.6 cm³/mol. The lowest BCUT2D eigenvalue weighted by molar-refractivity contribution is 0.452. The van der Waals surface area contributed by atoms with Crippen LogP contribution in [0.1, 0.15) is 27.9 Å². The summed E-state index contributed by atoms with van der Waals surface area (Å²) in [7, 11) is 0. The Morgan fingerprint density at radius 2 is 2.05 bits per heavy atom. The van der Waals surface area contributed by atoms with Crippen LogP contribution in [0.3, 0.4) is 0 Å². The summed E-state index contributed by atoms with van der Waals surface area (Å²) < 4.78 is 1.06. The first-order chi connectivity index (χ1) is 9.24. The summed E-state index contributed by atoms with van der Waals surface area (Å²) in [5.74, 6) is 0.644. The van der Waals surface area contributed by atoms with Crippen LogP contribution in [0.4, 0.5) is 0 Å². The highest BCUT2D eigenvalue weighted by atomic mass is 79.9. The molecule has 0 aliphatic heterocycles. The first kappa shape index (κ1) is 13.3. The maximum Gasteiger partial charge on any atom is 0.0429 e. The number of fused-ring (bicyclic) bond motifs is 1. The standard InChI is InChI=1S/C16H15Br2N/c17-14-8-11(9-19-10-14)7-13-6-5-12-3-1-2-4-15(12)16(13)18/h1-4,8-10,13,16H,5-7H2. The van der Waals surface area contributed by atoms with Gasteiger partial charge in [0.05, 0.1) is 0 Å². The second-order valence-electron chi connectivity index (χ2n) is 5.11. The normalized spacial score (nSPS) is 22.0. The third kappa shape index (κ3) is 2.92. The summed E-state index contributed by atoms with van der Waals surface area (Å²) in [5.41, 5.74) is 4.26. The minimum absolute atomic E-state index is 0.455. The number of aromatic nitrogens is 1. The van der Waals surface area contributed by atoms with Gasteiger partial charge in [0.15, 0.2) is 0 Å². The molecule has 0 N–H and O–H groups in total. The van der Waals surface area contributed by atoms with Crippen LogP contribution in [0.25, 0.3) is 0 Å². The Balaban J connectivity index is 1.81. The molecular weight excluding hydrogens is 366 g/mol. The zero-order valence-electron chi connectivity index (χ0n) is 10.5. The van der Waals surface area contributed by atoms with Crippen molar-refractivity contribution in [1.29, 1.82) is 0 Å². The molecule has 3 rings (SSSR count). The van der Waals surface area contributed by atoms with Crippen molar-refractivity contribution in [3.63, 3.8) is 0 Å². The average Bonchev–Trinajstić information content (AvgIpc) is 2.42. The van der Waals surface area contributed by atoms with Gasteiger partial charge in [-0.15, -0.1) is 0 Å². The lowest BCUT2D eigenvalue weighted by Gasteiger charge is -2.30. The van der Waals surface area contributed by atoms with Crippen molar-refractivity contribution in [2.75, 3.05) is 0 Å². The Labute approximate surface area is 130 Å². The fourth-order valence-corrected chi connectivity index (χ4v) is 4.16. The second-order valence-corrected chi connectivity index (χ2v) is 7.02. The molecule has 0 radical (unpaired) electrons. The molecule has 1 aromatic heterocycles. The van der Waals surface area contributed by atoms with E-state index in [1.54, 1.807) is 0 Å². The van der Waals surface area contributed by atoms with Crippen molar-refractivity contribution in [2.45, 2.75) is 24.1 Å². The van der Waals surface area contributed by atoms with E-state index in [9.17, 15) is 0 Å².